The van der Waals surface area contributed by atoms with Crippen LogP contribution in [0.5, 0.6) is 0 Å². The Balaban J connectivity index is 1.37. The molecule has 1 aliphatic heterocycles. The number of rotatable bonds is 5. The van der Waals surface area contributed by atoms with Crippen LogP contribution in [0.15, 0.2) is 47.3 Å². The monoisotopic (exact) mass is 351 g/mol. The molecule has 2 fully saturated rings. The van der Waals surface area contributed by atoms with Crippen LogP contribution in [0, 0.1) is 6.57 Å². The van der Waals surface area contributed by atoms with Crippen molar-refractivity contribution in [1.29, 1.82) is 0 Å². The molecule has 1 N–H and O–H groups in total. The molecule has 2 heterocycles. The van der Waals surface area contributed by atoms with E-state index in [1.807, 2.05) is 24.3 Å². The van der Waals surface area contributed by atoms with Gasteiger partial charge in [0.25, 0.3) is 11.4 Å². The smallest absolute Gasteiger partial charge is 0.414 e. The number of carbonyl (C=O) groups is 2. The minimum absolute atomic E-state index is 0.227. The van der Waals surface area contributed by atoms with Crippen LogP contribution in [0.3, 0.4) is 0 Å². The molecule has 1 saturated heterocycles. The summed E-state index contributed by atoms with van der Waals surface area (Å²) in [6, 6.07) is 9.06. The minimum atomic E-state index is -0.438. The van der Waals surface area contributed by atoms with Gasteiger partial charge in [-0.2, -0.15) is 0 Å². The van der Waals surface area contributed by atoms with Crippen LogP contribution in [0.4, 0.5) is 10.5 Å². The van der Waals surface area contributed by atoms with Gasteiger partial charge < -0.3 is 19.3 Å². The van der Waals surface area contributed by atoms with Crippen molar-refractivity contribution in [2.45, 2.75) is 24.5 Å². The normalized spacial score (nSPS) is 20.3. The number of hydrogen-bond acceptors (Lipinski definition) is 4. The Hall–Kier alpha value is -3.27. The number of ether oxygens (including phenoxy) is 1. The first kappa shape index (κ1) is 16.2. The van der Waals surface area contributed by atoms with Gasteiger partial charge in [0.15, 0.2) is 0 Å². The molecule has 132 valence electrons. The third-order valence-corrected chi connectivity index (χ3v) is 4.80. The fourth-order valence-electron chi connectivity index (χ4n) is 3.08. The number of carbonyl (C=O) groups excluding carboxylic acids is 2. The largest absolute Gasteiger partial charge is 0.472 e. The van der Waals surface area contributed by atoms with Crippen molar-refractivity contribution < 1.29 is 18.7 Å². The van der Waals surface area contributed by atoms with E-state index in [0.717, 1.165) is 24.1 Å². The van der Waals surface area contributed by atoms with Crippen molar-refractivity contribution in [1.82, 2.24) is 5.32 Å². The molecule has 1 aromatic heterocycles. The first-order valence-corrected chi connectivity index (χ1v) is 8.39. The Labute approximate surface area is 150 Å². The van der Waals surface area contributed by atoms with E-state index in [1.54, 1.807) is 6.07 Å². The molecule has 0 bridgehead atoms. The summed E-state index contributed by atoms with van der Waals surface area (Å²) in [5.41, 5.74) is 1.79. The van der Waals surface area contributed by atoms with Crippen molar-refractivity contribution >= 4 is 17.7 Å². The Bertz CT molecular complexity index is 863. The second-order valence-electron chi connectivity index (χ2n) is 6.53. The zero-order chi connectivity index (χ0) is 18.1. The van der Waals surface area contributed by atoms with E-state index < -0.39 is 12.2 Å². The molecule has 2 amide bonds. The van der Waals surface area contributed by atoms with E-state index in [2.05, 4.69) is 10.2 Å². The number of nitrogens with one attached hydrogen (secondary N) is 1. The van der Waals surface area contributed by atoms with Crippen LogP contribution in [0.1, 0.15) is 28.8 Å². The summed E-state index contributed by atoms with van der Waals surface area (Å²) in [4.78, 5) is 29.3. The molecule has 26 heavy (non-hydrogen) atoms. The molecule has 0 radical (unpaired) electrons. The quantitative estimate of drug-likeness (QED) is 0.841. The van der Waals surface area contributed by atoms with Gasteiger partial charge in [-0.15, -0.1) is 0 Å². The lowest BCUT2D eigenvalue weighted by Gasteiger charge is -2.14. The van der Waals surface area contributed by atoms with E-state index in [4.69, 9.17) is 15.7 Å². The maximum absolute atomic E-state index is 12.1. The Morgan fingerprint density at radius 3 is 2.69 bits per heavy atom. The molecule has 1 saturated carbocycles. The van der Waals surface area contributed by atoms with Crippen molar-refractivity contribution in [3.05, 3.63) is 65.4 Å². The van der Waals surface area contributed by atoms with Gasteiger partial charge in [0, 0.05) is 24.1 Å². The molecule has 2 aromatic rings. The number of amides is 2. The lowest BCUT2D eigenvalue weighted by atomic mass is 10.1. The molecule has 4 rings (SSSR count). The number of nitrogens with zero attached hydrogens (tertiary/aromatic N) is 2. The number of cyclic esters (lactones) is 1. The molecule has 1 atom stereocenters. The van der Waals surface area contributed by atoms with Crippen LogP contribution >= 0.6 is 0 Å². The SMILES string of the molecule is [C-]#[N+]C1(c2ccc(N3CC(CNC(=O)c4ccoc4)OC3=O)cc2)CC1. The predicted octanol–water partition coefficient (Wildman–Crippen LogP) is 2.94. The minimum Gasteiger partial charge on any atom is -0.472 e. The standard InChI is InChI=1S/C19H17N3O4/c1-20-19(7-8-19)14-2-4-15(5-3-14)22-11-16(26-18(22)24)10-21-17(23)13-6-9-25-12-13/h2-6,9,12,16H,7-8,10-11H2,(H,21,23). The summed E-state index contributed by atoms with van der Waals surface area (Å²) >= 11 is 0. The second-order valence-corrected chi connectivity index (χ2v) is 6.53. The van der Waals surface area contributed by atoms with Gasteiger partial charge in [-0.05, 0) is 30.3 Å². The molecule has 7 heteroatoms. The van der Waals surface area contributed by atoms with Crippen LogP contribution < -0.4 is 10.2 Å². The molecule has 1 aliphatic carbocycles. The van der Waals surface area contributed by atoms with Crippen LogP contribution in [-0.4, -0.2) is 31.2 Å². The predicted molar refractivity (Wildman–Crippen MR) is 92.6 cm³/mol. The average molecular weight is 351 g/mol. The highest BCUT2D eigenvalue weighted by atomic mass is 16.6. The number of anilines is 1. The average Bonchev–Trinajstić information content (AvgIpc) is 3.09. The van der Waals surface area contributed by atoms with E-state index in [1.165, 1.54) is 17.4 Å². The number of furan rings is 1. The number of hydrogen-bond donors (Lipinski definition) is 1. The third kappa shape index (κ3) is 2.90. The lowest BCUT2D eigenvalue weighted by molar-refractivity contribution is 0.0915. The summed E-state index contributed by atoms with van der Waals surface area (Å²) in [6.07, 6.45) is 3.71. The molecule has 2 aliphatic rings. The fourth-order valence-corrected chi connectivity index (χ4v) is 3.08. The first-order valence-electron chi connectivity index (χ1n) is 8.39. The lowest BCUT2D eigenvalue weighted by Crippen LogP contribution is -2.34. The zero-order valence-corrected chi connectivity index (χ0v) is 14.0. The van der Waals surface area contributed by atoms with Gasteiger partial charge in [-0.25, -0.2) is 11.4 Å². The number of benzene rings is 1. The molecular formula is C19H17N3O4. The first-order chi connectivity index (χ1) is 12.6. The van der Waals surface area contributed by atoms with Crippen molar-refractivity contribution in [3.63, 3.8) is 0 Å². The van der Waals surface area contributed by atoms with Crippen molar-refractivity contribution in [2.24, 2.45) is 0 Å². The Morgan fingerprint density at radius 1 is 1.31 bits per heavy atom. The van der Waals surface area contributed by atoms with Gasteiger partial charge >= 0.3 is 6.09 Å². The highest BCUT2D eigenvalue weighted by molar-refractivity contribution is 5.94. The summed E-state index contributed by atoms with van der Waals surface area (Å²) in [5, 5.41) is 2.73. The molecule has 1 aromatic carbocycles. The van der Waals surface area contributed by atoms with E-state index in [-0.39, 0.29) is 18.0 Å². The van der Waals surface area contributed by atoms with Gasteiger partial charge in [-0.1, -0.05) is 0 Å². The van der Waals surface area contributed by atoms with Gasteiger partial charge in [-0.3, -0.25) is 9.69 Å². The summed E-state index contributed by atoms with van der Waals surface area (Å²) in [6.45, 7) is 7.90. The maximum Gasteiger partial charge on any atom is 0.414 e. The molecular weight excluding hydrogens is 334 g/mol. The van der Waals surface area contributed by atoms with Gasteiger partial charge in [0.1, 0.15) is 12.4 Å². The third-order valence-electron chi connectivity index (χ3n) is 4.80. The van der Waals surface area contributed by atoms with Gasteiger partial charge in [0.2, 0.25) is 0 Å². The van der Waals surface area contributed by atoms with Crippen LogP contribution in [0.2, 0.25) is 0 Å². The summed E-state index contributed by atoms with van der Waals surface area (Å²) in [5.74, 6) is -0.272. The van der Waals surface area contributed by atoms with Gasteiger partial charge in [0.05, 0.1) is 24.9 Å². The Kier molecular flexibility index (Phi) is 3.88. The van der Waals surface area contributed by atoms with Crippen molar-refractivity contribution in [2.75, 3.05) is 18.0 Å². The fraction of sp³-hybridized carbons (Fsp3) is 0.316. The molecule has 0 spiro atoms. The van der Waals surface area contributed by atoms with E-state index in [9.17, 15) is 9.59 Å². The zero-order valence-electron chi connectivity index (χ0n) is 14.0. The summed E-state index contributed by atoms with van der Waals surface area (Å²) < 4.78 is 10.2. The van der Waals surface area contributed by atoms with Crippen LogP contribution in [0.25, 0.3) is 4.85 Å². The maximum atomic E-state index is 12.1. The topological polar surface area (TPSA) is 76.1 Å². The second kappa shape index (κ2) is 6.23. The van der Waals surface area contributed by atoms with E-state index in [0.29, 0.717) is 12.1 Å². The highest BCUT2D eigenvalue weighted by Gasteiger charge is 2.52. The van der Waals surface area contributed by atoms with Crippen molar-refractivity contribution in [3.8, 4) is 0 Å². The Morgan fingerprint density at radius 2 is 2.08 bits per heavy atom. The van der Waals surface area contributed by atoms with E-state index >= 15 is 0 Å². The van der Waals surface area contributed by atoms with Crippen LogP contribution in [-0.2, 0) is 10.3 Å². The summed E-state index contributed by atoms with van der Waals surface area (Å²) in [7, 11) is 0. The highest BCUT2D eigenvalue weighted by Crippen LogP contribution is 2.49. The molecule has 1 unspecified atom stereocenters. The molecule has 7 nitrogen and oxygen atoms in total.